The SMILES string of the molecule is O=C(CN1CCCCCC1)Nc1ccc(NC(=O)C2CCCCN2C(=O)OCc2ccccc2)cc1. The van der Waals surface area contributed by atoms with Gasteiger partial charge in [0.25, 0.3) is 0 Å². The molecule has 0 aliphatic carbocycles. The summed E-state index contributed by atoms with van der Waals surface area (Å²) in [7, 11) is 0. The van der Waals surface area contributed by atoms with Crippen molar-refractivity contribution in [3.63, 3.8) is 0 Å². The van der Waals surface area contributed by atoms with E-state index in [0.717, 1.165) is 44.3 Å². The largest absolute Gasteiger partial charge is 0.445 e. The lowest BCUT2D eigenvalue weighted by atomic mass is 10.0. The Morgan fingerprint density at radius 1 is 0.778 bits per heavy atom. The second kappa shape index (κ2) is 13.1. The summed E-state index contributed by atoms with van der Waals surface area (Å²) < 4.78 is 5.48. The number of likely N-dealkylation sites (tertiary alicyclic amines) is 2. The molecule has 192 valence electrons. The number of anilines is 2. The third-order valence-electron chi connectivity index (χ3n) is 6.75. The van der Waals surface area contributed by atoms with Crippen molar-refractivity contribution in [2.75, 3.05) is 36.8 Å². The number of nitrogens with one attached hydrogen (secondary N) is 2. The third kappa shape index (κ3) is 7.55. The Kier molecular flexibility index (Phi) is 9.33. The molecule has 1 atom stereocenters. The average molecular weight is 493 g/mol. The first-order valence-corrected chi connectivity index (χ1v) is 13.0. The molecule has 2 aliphatic heterocycles. The molecule has 2 fully saturated rings. The lowest BCUT2D eigenvalue weighted by Crippen LogP contribution is -2.50. The molecule has 0 spiro atoms. The van der Waals surface area contributed by atoms with E-state index in [9.17, 15) is 14.4 Å². The van der Waals surface area contributed by atoms with Crippen molar-refractivity contribution >= 4 is 29.3 Å². The first-order valence-electron chi connectivity index (χ1n) is 13.0. The number of hydrogen-bond donors (Lipinski definition) is 2. The molecule has 2 aliphatic rings. The van der Waals surface area contributed by atoms with Gasteiger partial charge in [-0.1, -0.05) is 43.2 Å². The predicted octanol–water partition coefficient (Wildman–Crippen LogP) is 4.63. The van der Waals surface area contributed by atoms with Gasteiger partial charge in [0.1, 0.15) is 12.6 Å². The number of ether oxygens (including phenoxy) is 1. The molecule has 0 aromatic heterocycles. The van der Waals surface area contributed by atoms with Gasteiger partial charge in [0, 0.05) is 17.9 Å². The monoisotopic (exact) mass is 492 g/mol. The highest BCUT2D eigenvalue weighted by Crippen LogP contribution is 2.21. The molecule has 2 heterocycles. The first kappa shape index (κ1) is 25.7. The van der Waals surface area contributed by atoms with Crippen LogP contribution < -0.4 is 10.6 Å². The van der Waals surface area contributed by atoms with E-state index < -0.39 is 12.1 Å². The molecule has 2 aromatic rings. The van der Waals surface area contributed by atoms with Crippen LogP contribution in [0.5, 0.6) is 0 Å². The van der Waals surface area contributed by atoms with Crippen LogP contribution in [0.3, 0.4) is 0 Å². The zero-order valence-corrected chi connectivity index (χ0v) is 20.8. The van der Waals surface area contributed by atoms with Gasteiger partial charge in [-0.3, -0.25) is 19.4 Å². The van der Waals surface area contributed by atoms with Crippen LogP contribution in [0.2, 0.25) is 0 Å². The number of hydrogen-bond acceptors (Lipinski definition) is 5. The second-order valence-corrected chi connectivity index (χ2v) is 9.55. The second-order valence-electron chi connectivity index (χ2n) is 9.55. The number of carbonyl (C=O) groups excluding carboxylic acids is 3. The molecule has 8 heteroatoms. The zero-order chi connectivity index (χ0) is 25.2. The van der Waals surface area contributed by atoms with Gasteiger partial charge in [0.05, 0.1) is 6.54 Å². The van der Waals surface area contributed by atoms with E-state index >= 15 is 0 Å². The number of amides is 3. The Labute approximate surface area is 213 Å². The fourth-order valence-corrected chi connectivity index (χ4v) is 4.79. The zero-order valence-electron chi connectivity index (χ0n) is 20.8. The lowest BCUT2D eigenvalue weighted by Gasteiger charge is -2.33. The predicted molar refractivity (Wildman–Crippen MR) is 140 cm³/mol. The van der Waals surface area contributed by atoms with E-state index in [1.165, 1.54) is 17.7 Å². The Bertz CT molecular complexity index is 1000. The fourth-order valence-electron chi connectivity index (χ4n) is 4.79. The van der Waals surface area contributed by atoms with Gasteiger partial charge in [0.15, 0.2) is 0 Å². The summed E-state index contributed by atoms with van der Waals surface area (Å²) in [6.45, 7) is 3.01. The highest BCUT2D eigenvalue weighted by Gasteiger charge is 2.33. The van der Waals surface area contributed by atoms with Gasteiger partial charge in [-0.15, -0.1) is 0 Å². The van der Waals surface area contributed by atoms with Crippen molar-refractivity contribution in [3.8, 4) is 0 Å². The van der Waals surface area contributed by atoms with Crippen molar-refractivity contribution in [3.05, 3.63) is 60.2 Å². The quantitative estimate of drug-likeness (QED) is 0.588. The number of carbonyl (C=O) groups is 3. The molecule has 2 aromatic carbocycles. The molecule has 8 nitrogen and oxygen atoms in total. The lowest BCUT2D eigenvalue weighted by molar-refractivity contribution is -0.122. The summed E-state index contributed by atoms with van der Waals surface area (Å²) in [6.07, 6.45) is 6.60. The van der Waals surface area contributed by atoms with Crippen LogP contribution in [0.1, 0.15) is 50.5 Å². The van der Waals surface area contributed by atoms with Crippen LogP contribution in [-0.4, -0.2) is 59.9 Å². The van der Waals surface area contributed by atoms with Crippen molar-refractivity contribution in [1.29, 1.82) is 0 Å². The van der Waals surface area contributed by atoms with Crippen molar-refractivity contribution in [2.45, 2.75) is 57.6 Å². The Hall–Kier alpha value is -3.39. The molecule has 2 saturated heterocycles. The average Bonchev–Trinajstić information content (AvgIpc) is 3.17. The summed E-state index contributed by atoms with van der Waals surface area (Å²) in [4.78, 5) is 41.9. The van der Waals surface area contributed by atoms with Crippen molar-refractivity contribution in [1.82, 2.24) is 9.80 Å². The standard InChI is InChI=1S/C28H36N4O4/c33-26(20-31-17-7-1-2-8-18-31)29-23-13-15-24(16-14-23)30-27(34)25-12-6-9-19-32(25)28(35)36-21-22-10-4-3-5-11-22/h3-5,10-11,13-16,25H,1-2,6-9,12,17-21H2,(H,29,33)(H,30,34). The van der Waals surface area contributed by atoms with Gasteiger partial charge in [-0.2, -0.15) is 0 Å². The van der Waals surface area contributed by atoms with E-state index in [0.29, 0.717) is 30.9 Å². The van der Waals surface area contributed by atoms with Gasteiger partial charge >= 0.3 is 6.09 Å². The fraction of sp³-hybridized carbons (Fsp3) is 0.464. The van der Waals surface area contributed by atoms with Crippen LogP contribution >= 0.6 is 0 Å². The minimum absolute atomic E-state index is 0.0273. The maximum Gasteiger partial charge on any atom is 0.410 e. The smallest absolute Gasteiger partial charge is 0.410 e. The third-order valence-corrected chi connectivity index (χ3v) is 6.75. The highest BCUT2D eigenvalue weighted by molar-refractivity contribution is 5.97. The summed E-state index contributed by atoms with van der Waals surface area (Å²) in [5.74, 6) is -0.259. The topological polar surface area (TPSA) is 91.0 Å². The van der Waals surface area contributed by atoms with Crippen LogP contribution in [0.25, 0.3) is 0 Å². The maximum atomic E-state index is 13.0. The molecule has 0 saturated carbocycles. The summed E-state index contributed by atoms with van der Waals surface area (Å²) >= 11 is 0. The van der Waals surface area contributed by atoms with Crippen LogP contribution in [0.15, 0.2) is 54.6 Å². The van der Waals surface area contributed by atoms with Gasteiger partial charge in [-0.05, 0) is 75.0 Å². The Morgan fingerprint density at radius 2 is 1.42 bits per heavy atom. The van der Waals surface area contributed by atoms with Crippen LogP contribution in [0.4, 0.5) is 16.2 Å². The van der Waals surface area contributed by atoms with E-state index in [2.05, 4.69) is 15.5 Å². The van der Waals surface area contributed by atoms with Crippen LogP contribution in [0, 0.1) is 0 Å². The number of rotatable bonds is 7. The van der Waals surface area contributed by atoms with Gasteiger partial charge in [-0.25, -0.2) is 4.79 Å². The molecule has 4 rings (SSSR count). The van der Waals surface area contributed by atoms with Crippen molar-refractivity contribution < 1.29 is 19.1 Å². The Morgan fingerprint density at radius 3 is 2.11 bits per heavy atom. The van der Waals surface area contributed by atoms with E-state index in [1.807, 2.05) is 30.3 Å². The minimum atomic E-state index is -0.574. The molecular weight excluding hydrogens is 456 g/mol. The summed E-state index contributed by atoms with van der Waals surface area (Å²) in [6, 6.07) is 16.0. The molecular formula is C28H36N4O4. The van der Waals surface area contributed by atoms with Gasteiger partial charge in [0.2, 0.25) is 11.8 Å². The summed E-state index contributed by atoms with van der Waals surface area (Å²) in [5, 5.41) is 5.85. The normalized spacial score (nSPS) is 18.7. The molecule has 0 radical (unpaired) electrons. The van der Waals surface area contributed by atoms with Crippen molar-refractivity contribution in [2.24, 2.45) is 0 Å². The van der Waals surface area contributed by atoms with E-state index in [-0.39, 0.29) is 18.4 Å². The first-order chi connectivity index (χ1) is 17.6. The summed E-state index contributed by atoms with van der Waals surface area (Å²) in [5.41, 5.74) is 2.22. The molecule has 2 N–H and O–H groups in total. The molecule has 36 heavy (non-hydrogen) atoms. The molecule has 1 unspecified atom stereocenters. The van der Waals surface area contributed by atoms with E-state index in [1.54, 1.807) is 24.3 Å². The van der Waals surface area contributed by atoms with E-state index in [4.69, 9.17) is 4.74 Å². The maximum absolute atomic E-state index is 13.0. The molecule has 0 bridgehead atoms. The van der Waals surface area contributed by atoms with Crippen LogP contribution in [-0.2, 0) is 20.9 Å². The number of piperidine rings is 1. The molecule has 3 amide bonds. The van der Waals surface area contributed by atoms with Gasteiger partial charge < -0.3 is 15.4 Å². The highest BCUT2D eigenvalue weighted by atomic mass is 16.6. The minimum Gasteiger partial charge on any atom is -0.445 e. The number of nitrogens with zero attached hydrogens (tertiary/aromatic N) is 2. The Balaban J connectivity index is 1.27. The number of benzene rings is 2.